The van der Waals surface area contributed by atoms with Gasteiger partial charge in [-0.2, -0.15) is 13.2 Å². The van der Waals surface area contributed by atoms with E-state index in [1.807, 2.05) is 6.92 Å². The quantitative estimate of drug-likeness (QED) is 0.415. The molecule has 5 nitrogen and oxygen atoms in total. The molecule has 0 fully saturated rings. The van der Waals surface area contributed by atoms with Gasteiger partial charge in [0.25, 0.3) is 11.5 Å². The van der Waals surface area contributed by atoms with Crippen LogP contribution in [0, 0.1) is 6.92 Å². The van der Waals surface area contributed by atoms with Crippen molar-refractivity contribution in [2.24, 2.45) is 7.05 Å². The van der Waals surface area contributed by atoms with E-state index in [-0.39, 0.29) is 11.1 Å². The van der Waals surface area contributed by atoms with Gasteiger partial charge in [0.15, 0.2) is 0 Å². The molecule has 0 radical (unpaired) electrons. The molecule has 0 saturated carbocycles. The third kappa shape index (κ3) is 4.34. The number of halogens is 3. The zero-order valence-electron chi connectivity index (χ0n) is 18.4. The number of hydrogen-bond donors (Lipinski definition) is 1. The second-order valence-corrected chi connectivity index (χ2v) is 7.86. The number of fused-ring (bicyclic) bond motifs is 1. The van der Waals surface area contributed by atoms with Crippen molar-refractivity contribution >= 4 is 28.6 Å². The normalized spacial score (nSPS) is 11.4. The smallest absolute Gasteiger partial charge is 0.322 e. The standard InChI is InChI=1S/C26H20F3N3O2/c1-4-19-13-23-17(14-30-19)11-22(25(34)32(23)3)21-12-20(9-8-15(21)2)31-24(33)16-6-5-7-18(10-16)26(27,28)29/h4-14H,1H2,2-3H3,(H,31,33). The molecule has 1 amide bonds. The lowest BCUT2D eigenvalue weighted by Gasteiger charge is -2.13. The Morgan fingerprint density at radius 3 is 2.56 bits per heavy atom. The highest BCUT2D eigenvalue weighted by Crippen LogP contribution is 2.30. The second-order valence-electron chi connectivity index (χ2n) is 7.86. The van der Waals surface area contributed by atoms with Crippen molar-refractivity contribution in [3.05, 3.63) is 100 Å². The third-order valence-electron chi connectivity index (χ3n) is 5.58. The molecule has 2 heterocycles. The Kier molecular flexibility index (Phi) is 5.83. The number of nitrogens with zero attached hydrogens (tertiary/aromatic N) is 2. The van der Waals surface area contributed by atoms with Crippen LogP contribution in [0.1, 0.15) is 27.2 Å². The topological polar surface area (TPSA) is 64.0 Å². The summed E-state index contributed by atoms with van der Waals surface area (Å²) in [6.45, 7) is 5.53. The van der Waals surface area contributed by atoms with Crippen LogP contribution in [0.15, 0.2) is 72.2 Å². The molecule has 8 heteroatoms. The Balaban J connectivity index is 1.73. The van der Waals surface area contributed by atoms with E-state index < -0.39 is 17.6 Å². The van der Waals surface area contributed by atoms with Crippen molar-refractivity contribution in [2.45, 2.75) is 13.1 Å². The number of pyridine rings is 2. The van der Waals surface area contributed by atoms with Crippen LogP contribution in [0.25, 0.3) is 28.1 Å². The Morgan fingerprint density at radius 1 is 1.09 bits per heavy atom. The summed E-state index contributed by atoms with van der Waals surface area (Å²) in [6, 6.07) is 12.7. The van der Waals surface area contributed by atoms with Gasteiger partial charge in [-0.05, 0) is 66.6 Å². The monoisotopic (exact) mass is 463 g/mol. The first kappa shape index (κ1) is 23.0. The maximum atomic E-state index is 13.1. The summed E-state index contributed by atoms with van der Waals surface area (Å²) in [6.07, 6.45) is -1.30. The molecule has 34 heavy (non-hydrogen) atoms. The largest absolute Gasteiger partial charge is 0.416 e. The van der Waals surface area contributed by atoms with E-state index in [2.05, 4.69) is 16.9 Å². The van der Waals surface area contributed by atoms with E-state index in [0.29, 0.717) is 28.0 Å². The Morgan fingerprint density at radius 2 is 1.85 bits per heavy atom. The molecular formula is C26H20F3N3O2. The van der Waals surface area contributed by atoms with Gasteiger partial charge in [0.2, 0.25) is 0 Å². The number of amides is 1. The first-order valence-electron chi connectivity index (χ1n) is 10.3. The van der Waals surface area contributed by atoms with E-state index in [1.165, 1.54) is 16.7 Å². The molecule has 0 spiro atoms. The lowest BCUT2D eigenvalue weighted by Crippen LogP contribution is -2.19. The molecule has 4 rings (SSSR count). The summed E-state index contributed by atoms with van der Waals surface area (Å²) < 4.78 is 40.5. The van der Waals surface area contributed by atoms with Crippen LogP contribution >= 0.6 is 0 Å². The third-order valence-corrected chi connectivity index (χ3v) is 5.58. The summed E-state index contributed by atoms with van der Waals surface area (Å²) in [7, 11) is 1.66. The number of aromatic nitrogens is 2. The average molecular weight is 463 g/mol. The Bertz CT molecular complexity index is 1500. The molecule has 2 aromatic heterocycles. The predicted molar refractivity (Wildman–Crippen MR) is 127 cm³/mol. The fourth-order valence-electron chi connectivity index (χ4n) is 3.71. The molecule has 0 aliphatic heterocycles. The molecule has 172 valence electrons. The number of nitrogens with one attached hydrogen (secondary N) is 1. The van der Waals surface area contributed by atoms with Crippen LogP contribution < -0.4 is 10.9 Å². The minimum atomic E-state index is -4.55. The van der Waals surface area contributed by atoms with E-state index in [9.17, 15) is 22.8 Å². The number of aryl methyl sites for hydroxylation is 2. The number of carbonyl (C=O) groups is 1. The van der Waals surface area contributed by atoms with Crippen molar-refractivity contribution in [3.8, 4) is 11.1 Å². The molecule has 0 bridgehead atoms. The van der Waals surface area contributed by atoms with Crippen molar-refractivity contribution < 1.29 is 18.0 Å². The number of anilines is 1. The SMILES string of the molecule is C=Cc1cc2c(cn1)cc(-c1cc(NC(=O)c3cccc(C(F)(F)F)c3)ccc1C)c(=O)n2C. The first-order chi connectivity index (χ1) is 16.1. The summed E-state index contributed by atoms with van der Waals surface area (Å²) >= 11 is 0. The van der Waals surface area contributed by atoms with Crippen molar-refractivity contribution in [1.29, 1.82) is 0 Å². The van der Waals surface area contributed by atoms with Gasteiger partial charge in [-0.15, -0.1) is 0 Å². The highest BCUT2D eigenvalue weighted by Gasteiger charge is 2.30. The van der Waals surface area contributed by atoms with Gasteiger partial charge in [-0.25, -0.2) is 0 Å². The summed E-state index contributed by atoms with van der Waals surface area (Å²) in [5.74, 6) is -0.687. The first-order valence-corrected chi connectivity index (χ1v) is 10.3. The van der Waals surface area contributed by atoms with Crippen LogP contribution in [0.4, 0.5) is 18.9 Å². The van der Waals surface area contributed by atoms with E-state index >= 15 is 0 Å². The molecule has 0 aliphatic rings. The van der Waals surface area contributed by atoms with Crippen molar-refractivity contribution in [3.63, 3.8) is 0 Å². The molecule has 0 aliphatic carbocycles. The fourth-order valence-corrected chi connectivity index (χ4v) is 3.71. The number of hydrogen-bond acceptors (Lipinski definition) is 3. The Labute approximate surface area is 193 Å². The molecule has 0 atom stereocenters. The summed E-state index contributed by atoms with van der Waals surface area (Å²) in [4.78, 5) is 30.1. The van der Waals surface area contributed by atoms with Crippen LogP contribution in [0.5, 0.6) is 0 Å². The highest BCUT2D eigenvalue weighted by atomic mass is 19.4. The van der Waals surface area contributed by atoms with E-state index in [1.54, 1.807) is 49.7 Å². The number of alkyl halides is 3. The van der Waals surface area contributed by atoms with Crippen LogP contribution in [-0.2, 0) is 13.2 Å². The summed E-state index contributed by atoms with van der Waals surface area (Å²) in [5, 5.41) is 3.37. The molecule has 2 aromatic carbocycles. The maximum Gasteiger partial charge on any atom is 0.416 e. The average Bonchev–Trinajstić information content (AvgIpc) is 2.82. The van der Waals surface area contributed by atoms with Gasteiger partial charge in [0.1, 0.15) is 0 Å². The van der Waals surface area contributed by atoms with Crippen molar-refractivity contribution in [1.82, 2.24) is 9.55 Å². The Hall–Kier alpha value is -4.20. The fraction of sp³-hybridized carbons (Fsp3) is 0.115. The molecule has 4 aromatic rings. The zero-order chi connectivity index (χ0) is 24.6. The maximum absolute atomic E-state index is 13.1. The second kappa shape index (κ2) is 8.62. The van der Waals surface area contributed by atoms with Gasteiger partial charge in [-0.1, -0.05) is 18.7 Å². The molecule has 1 N–H and O–H groups in total. The van der Waals surface area contributed by atoms with E-state index in [0.717, 1.165) is 23.1 Å². The van der Waals surface area contributed by atoms with Crippen LogP contribution in [-0.4, -0.2) is 15.5 Å². The van der Waals surface area contributed by atoms with Gasteiger partial charge >= 0.3 is 6.18 Å². The summed E-state index contributed by atoms with van der Waals surface area (Å²) in [5.41, 5.74) is 2.23. The van der Waals surface area contributed by atoms with Gasteiger partial charge in [0.05, 0.1) is 16.8 Å². The van der Waals surface area contributed by atoms with Crippen LogP contribution in [0.2, 0.25) is 0 Å². The van der Waals surface area contributed by atoms with Gasteiger partial charge in [-0.3, -0.25) is 14.6 Å². The van der Waals surface area contributed by atoms with Crippen molar-refractivity contribution in [2.75, 3.05) is 5.32 Å². The highest BCUT2D eigenvalue weighted by molar-refractivity contribution is 6.04. The van der Waals surface area contributed by atoms with Gasteiger partial charge in [0, 0.05) is 35.4 Å². The number of benzene rings is 2. The van der Waals surface area contributed by atoms with Gasteiger partial charge < -0.3 is 9.88 Å². The number of rotatable bonds is 4. The molecule has 0 unspecified atom stereocenters. The van der Waals surface area contributed by atoms with E-state index in [4.69, 9.17) is 0 Å². The lowest BCUT2D eigenvalue weighted by molar-refractivity contribution is -0.137. The molecular weight excluding hydrogens is 443 g/mol. The number of carbonyl (C=O) groups excluding carboxylic acids is 1. The molecule has 0 saturated heterocycles. The predicted octanol–water partition coefficient (Wildman–Crippen LogP) is 5.82. The van der Waals surface area contributed by atoms with Crippen LogP contribution in [0.3, 0.4) is 0 Å². The zero-order valence-corrected chi connectivity index (χ0v) is 18.4. The lowest BCUT2D eigenvalue weighted by atomic mass is 9.99. The minimum absolute atomic E-state index is 0.123. The minimum Gasteiger partial charge on any atom is -0.322 e.